The van der Waals surface area contributed by atoms with Crippen molar-refractivity contribution in [1.29, 1.82) is 0 Å². The minimum absolute atomic E-state index is 0.0253. The van der Waals surface area contributed by atoms with Crippen molar-refractivity contribution >= 4 is 17.6 Å². The minimum atomic E-state index is -0.888. The van der Waals surface area contributed by atoms with Crippen LogP contribution in [-0.2, 0) is 11.2 Å². The zero-order valence-electron chi connectivity index (χ0n) is 19.1. The lowest BCUT2D eigenvalue weighted by atomic mass is 10.1. The second kappa shape index (κ2) is 11.5. The third kappa shape index (κ3) is 7.03. The van der Waals surface area contributed by atoms with Gasteiger partial charge in [-0.05, 0) is 48.2 Å². The number of ether oxygens (including phenoxy) is 1. The number of H-pyrrole nitrogens is 1. The molecule has 1 aliphatic carbocycles. The molecule has 10 heteroatoms. The summed E-state index contributed by atoms with van der Waals surface area (Å²) in [5, 5.41) is 24.1. The number of anilines is 1. The Morgan fingerprint density at radius 1 is 1.20 bits per heavy atom. The Bertz CT molecular complexity index is 1150. The van der Waals surface area contributed by atoms with Crippen LogP contribution in [0.1, 0.15) is 24.8 Å². The van der Waals surface area contributed by atoms with E-state index in [2.05, 4.69) is 26.1 Å². The summed E-state index contributed by atoms with van der Waals surface area (Å²) < 4.78 is 19.4. The van der Waals surface area contributed by atoms with E-state index in [0.29, 0.717) is 23.4 Å². The van der Waals surface area contributed by atoms with Gasteiger partial charge in [0.1, 0.15) is 17.6 Å². The minimum Gasteiger partial charge on any atom is -0.491 e. The number of hydrogen-bond donors (Lipinski definition) is 5. The van der Waals surface area contributed by atoms with Gasteiger partial charge >= 0.3 is 6.03 Å². The van der Waals surface area contributed by atoms with Crippen molar-refractivity contribution in [3.63, 3.8) is 0 Å². The van der Waals surface area contributed by atoms with Crippen LogP contribution in [0.4, 0.5) is 14.9 Å². The molecule has 1 fully saturated rings. The molecule has 9 nitrogen and oxygen atoms in total. The molecule has 1 unspecified atom stereocenters. The van der Waals surface area contributed by atoms with E-state index in [4.69, 9.17) is 9.84 Å². The lowest BCUT2D eigenvalue weighted by Gasteiger charge is -2.20. The van der Waals surface area contributed by atoms with E-state index in [1.54, 1.807) is 36.7 Å². The molecule has 0 aliphatic heterocycles. The van der Waals surface area contributed by atoms with Gasteiger partial charge in [0.25, 0.3) is 0 Å². The fraction of sp³-hybridized carbons (Fsp3) is 0.320. The van der Waals surface area contributed by atoms with Gasteiger partial charge < -0.3 is 25.8 Å². The molecule has 3 amide bonds. The number of rotatable bonds is 11. The predicted octanol–water partition coefficient (Wildman–Crippen LogP) is 2.99. The number of aliphatic hydroxyl groups excluding tert-OH is 1. The van der Waals surface area contributed by atoms with Gasteiger partial charge in [-0.3, -0.25) is 9.89 Å². The average Bonchev–Trinajstić information content (AvgIpc) is 3.48. The van der Waals surface area contributed by atoms with E-state index in [-0.39, 0.29) is 31.6 Å². The first-order chi connectivity index (χ1) is 17.0. The Morgan fingerprint density at radius 3 is 2.77 bits per heavy atom. The highest BCUT2D eigenvalue weighted by molar-refractivity contribution is 5.95. The Labute approximate surface area is 202 Å². The van der Waals surface area contributed by atoms with E-state index in [9.17, 15) is 14.0 Å². The van der Waals surface area contributed by atoms with Gasteiger partial charge in [-0.15, -0.1) is 0 Å². The molecule has 0 saturated heterocycles. The lowest BCUT2D eigenvalue weighted by Crippen LogP contribution is -2.49. The maximum Gasteiger partial charge on any atom is 0.320 e. The number of aromatic amines is 1. The molecule has 1 aromatic heterocycles. The van der Waals surface area contributed by atoms with Crippen LogP contribution in [0.3, 0.4) is 0 Å². The number of halogens is 1. The van der Waals surface area contributed by atoms with Gasteiger partial charge in [0.2, 0.25) is 5.91 Å². The molecule has 3 aromatic rings. The first-order valence-electron chi connectivity index (χ1n) is 11.5. The van der Waals surface area contributed by atoms with Crippen molar-refractivity contribution in [2.24, 2.45) is 0 Å². The van der Waals surface area contributed by atoms with Crippen molar-refractivity contribution < 1.29 is 23.8 Å². The first-order valence-corrected chi connectivity index (χ1v) is 11.5. The summed E-state index contributed by atoms with van der Waals surface area (Å²) in [5.41, 5.74) is 2.68. The highest BCUT2D eigenvalue weighted by atomic mass is 19.1. The van der Waals surface area contributed by atoms with Crippen molar-refractivity contribution in [2.75, 3.05) is 18.5 Å². The monoisotopic (exact) mass is 481 g/mol. The van der Waals surface area contributed by atoms with E-state index in [0.717, 1.165) is 24.0 Å². The molecule has 35 heavy (non-hydrogen) atoms. The Balaban J connectivity index is 1.48. The smallest absolute Gasteiger partial charge is 0.320 e. The molecule has 2 aromatic carbocycles. The number of amides is 3. The summed E-state index contributed by atoms with van der Waals surface area (Å²) in [4.78, 5) is 25.7. The Hall–Kier alpha value is -3.92. The van der Waals surface area contributed by atoms with Crippen LogP contribution in [0.15, 0.2) is 54.9 Å². The lowest BCUT2D eigenvalue weighted by molar-refractivity contribution is -0.123. The summed E-state index contributed by atoms with van der Waals surface area (Å²) in [6, 6.07) is 9.85. The van der Waals surface area contributed by atoms with E-state index >= 15 is 0 Å². The standard InChI is InChI=1S/C25H28FN5O4/c26-19-4-1-3-16(11-19)12-22(24(33)29-20-6-7-20)31-25(34)30-21-8-5-17(18-14-27-28-15-18)13-23(21)35-10-2-9-32/h1,3-5,8,11,13-15,20,22,32H,2,6-7,9-10,12H2,(H,27,28)(H,29,33)(H2,30,31,34). The zero-order chi connectivity index (χ0) is 24.6. The fourth-order valence-corrected chi connectivity index (χ4v) is 3.54. The van der Waals surface area contributed by atoms with E-state index in [1.807, 2.05) is 6.07 Å². The maximum absolute atomic E-state index is 13.7. The predicted molar refractivity (Wildman–Crippen MR) is 128 cm³/mol. The van der Waals surface area contributed by atoms with Crippen molar-refractivity contribution in [3.8, 4) is 16.9 Å². The van der Waals surface area contributed by atoms with Gasteiger partial charge in [-0.2, -0.15) is 5.10 Å². The van der Waals surface area contributed by atoms with Gasteiger partial charge in [-0.25, -0.2) is 9.18 Å². The molecular formula is C25H28FN5O4. The van der Waals surface area contributed by atoms with Gasteiger partial charge in [-0.1, -0.05) is 18.2 Å². The summed E-state index contributed by atoms with van der Waals surface area (Å²) in [7, 11) is 0. The summed E-state index contributed by atoms with van der Waals surface area (Å²) in [6.45, 7) is 0.232. The highest BCUT2D eigenvalue weighted by Crippen LogP contribution is 2.31. The van der Waals surface area contributed by atoms with E-state index < -0.39 is 17.9 Å². The highest BCUT2D eigenvalue weighted by Gasteiger charge is 2.29. The number of aliphatic hydroxyl groups is 1. The molecule has 0 radical (unpaired) electrons. The number of carbonyl (C=O) groups is 2. The molecule has 1 atom stereocenters. The van der Waals surface area contributed by atoms with Crippen LogP contribution >= 0.6 is 0 Å². The molecule has 5 N–H and O–H groups in total. The van der Waals surface area contributed by atoms with E-state index in [1.165, 1.54) is 12.1 Å². The number of benzene rings is 2. The molecule has 1 heterocycles. The average molecular weight is 482 g/mol. The van der Waals surface area contributed by atoms with Gasteiger partial charge in [0.05, 0.1) is 18.5 Å². The summed E-state index contributed by atoms with van der Waals surface area (Å²) >= 11 is 0. The second-order valence-electron chi connectivity index (χ2n) is 8.39. The normalized spacial score (nSPS) is 13.7. The molecule has 184 valence electrons. The van der Waals surface area contributed by atoms with Gasteiger partial charge in [0.15, 0.2) is 0 Å². The van der Waals surface area contributed by atoms with Crippen molar-refractivity contribution in [3.05, 3.63) is 66.2 Å². The third-order valence-electron chi connectivity index (χ3n) is 5.50. The molecule has 1 saturated carbocycles. The Morgan fingerprint density at radius 2 is 2.06 bits per heavy atom. The fourth-order valence-electron chi connectivity index (χ4n) is 3.54. The summed E-state index contributed by atoms with van der Waals surface area (Å²) in [6.07, 6.45) is 5.79. The van der Waals surface area contributed by atoms with Gasteiger partial charge in [0, 0.05) is 37.3 Å². The number of hydrogen-bond acceptors (Lipinski definition) is 5. The molecular weight excluding hydrogens is 453 g/mol. The van der Waals surface area contributed by atoms with Crippen LogP contribution in [0, 0.1) is 5.82 Å². The third-order valence-corrected chi connectivity index (χ3v) is 5.50. The number of nitrogens with one attached hydrogen (secondary N) is 4. The molecule has 0 bridgehead atoms. The molecule has 4 rings (SSSR count). The maximum atomic E-state index is 13.7. The van der Waals surface area contributed by atoms with Crippen LogP contribution in [0.5, 0.6) is 5.75 Å². The first kappa shape index (κ1) is 24.2. The Kier molecular flexibility index (Phi) is 7.94. The van der Waals surface area contributed by atoms with Crippen LogP contribution in [-0.4, -0.2) is 52.5 Å². The molecule has 0 spiro atoms. The van der Waals surface area contributed by atoms with Crippen LogP contribution < -0.4 is 20.7 Å². The number of urea groups is 1. The number of nitrogens with zero attached hydrogens (tertiary/aromatic N) is 1. The largest absolute Gasteiger partial charge is 0.491 e. The summed E-state index contributed by atoms with van der Waals surface area (Å²) in [5.74, 6) is -0.311. The number of carbonyl (C=O) groups excluding carboxylic acids is 2. The zero-order valence-corrected chi connectivity index (χ0v) is 19.1. The van der Waals surface area contributed by atoms with Crippen molar-refractivity contribution in [2.45, 2.75) is 37.8 Å². The second-order valence-corrected chi connectivity index (χ2v) is 8.39. The quantitative estimate of drug-likeness (QED) is 0.269. The van der Waals surface area contributed by atoms with Crippen LogP contribution in [0.25, 0.3) is 11.1 Å². The SMILES string of the molecule is O=C(Nc1ccc(-c2cn[nH]c2)cc1OCCCO)NC(Cc1cccc(F)c1)C(=O)NC1CC1. The molecule has 1 aliphatic rings. The topological polar surface area (TPSA) is 128 Å². The van der Waals surface area contributed by atoms with Crippen molar-refractivity contribution in [1.82, 2.24) is 20.8 Å². The van der Waals surface area contributed by atoms with Crippen LogP contribution in [0.2, 0.25) is 0 Å². The number of aromatic nitrogens is 2.